The van der Waals surface area contributed by atoms with Gasteiger partial charge in [0.15, 0.2) is 11.7 Å². The molecule has 0 radical (unpaired) electrons. The molecule has 24 heavy (non-hydrogen) atoms. The molecule has 126 valence electrons. The van der Waals surface area contributed by atoms with E-state index < -0.39 is 11.9 Å². The van der Waals surface area contributed by atoms with E-state index in [1.54, 1.807) is 24.3 Å². The molecule has 0 atom stereocenters. The van der Waals surface area contributed by atoms with Crippen molar-refractivity contribution in [2.75, 3.05) is 24.4 Å². The van der Waals surface area contributed by atoms with Crippen molar-refractivity contribution >= 4 is 39.9 Å². The van der Waals surface area contributed by atoms with E-state index in [1.807, 2.05) is 0 Å². The summed E-state index contributed by atoms with van der Waals surface area (Å²) in [4.78, 5) is 38.2. The van der Waals surface area contributed by atoms with Crippen LogP contribution in [0.25, 0.3) is 0 Å². The van der Waals surface area contributed by atoms with Crippen LogP contribution in [-0.2, 0) is 14.3 Å². The van der Waals surface area contributed by atoms with Gasteiger partial charge in [0.05, 0.1) is 7.11 Å². The maximum absolute atomic E-state index is 12.1. The number of carbonyl (C=O) groups is 3. The number of anilines is 2. The van der Waals surface area contributed by atoms with Gasteiger partial charge in [-0.15, -0.1) is 11.3 Å². The molecule has 8 nitrogen and oxygen atoms in total. The Balaban J connectivity index is 1.99. The second kappa shape index (κ2) is 8.06. The molecule has 2 rings (SSSR count). The van der Waals surface area contributed by atoms with Crippen molar-refractivity contribution in [3.05, 3.63) is 35.3 Å². The Morgan fingerprint density at radius 3 is 2.75 bits per heavy atom. The number of benzene rings is 1. The van der Waals surface area contributed by atoms with E-state index in [0.717, 1.165) is 11.3 Å². The Morgan fingerprint density at radius 1 is 1.25 bits per heavy atom. The molecule has 0 aliphatic heterocycles. The average molecular weight is 349 g/mol. The molecular weight excluding hydrogens is 334 g/mol. The highest BCUT2D eigenvalue weighted by atomic mass is 32.1. The molecule has 1 heterocycles. The zero-order valence-corrected chi connectivity index (χ0v) is 13.8. The van der Waals surface area contributed by atoms with E-state index in [2.05, 4.69) is 20.4 Å². The van der Waals surface area contributed by atoms with Crippen LogP contribution in [0.5, 0.6) is 5.75 Å². The van der Waals surface area contributed by atoms with Gasteiger partial charge in [0.25, 0.3) is 5.91 Å². The molecular formula is C15H15N3O5S. The lowest BCUT2D eigenvalue weighted by atomic mass is 10.3. The first kappa shape index (κ1) is 17.4. The molecule has 1 aromatic heterocycles. The van der Waals surface area contributed by atoms with Crippen molar-refractivity contribution in [3.8, 4) is 5.75 Å². The van der Waals surface area contributed by atoms with E-state index in [4.69, 9.17) is 4.74 Å². The summed E-state index contributed by atoms with van der Waals surface area (Å²) in [6.07, 6.45) is 0. The highest BCUT2D eigenvalue weighted by Gasteiger charge is 2.12. The summed E-state index contributed by atoms with van der Waals surface area (Å²) in [7, 11) is 1.27. The third kappa shape index (κ3) is 5.06. The number of thiazole rings is 1. The molecule has 0 spiro atoms. The van der Waals surface area contributed by atoms with Crippen LogP contribution in [0, 0.1) is 0 Å². The normalized spacial score (nSPS) is 9.92. The fourth-order valence-electron chi connectivity index (χ4n) is 1.65. The monoisotopic (exact) mass is 349 g/mol. The molecule has 2 N–H and O–H groups in total. The number of hydrogen-bond donors (Lipinski definition) is 2. The van der Waals surface area contributed by atoms with Crippen LogP contribution in [0.2, 0.25) is 0 Å². The van der Waals surface area contributed by atoms with Crippen LogP contribution < -0.4 is 15.4 Å². The SMILES string of the molecule is COC(=O)COc1cccc(NC(=O)c2csc(NC(C)=O)n2)c1. The molecule has 2 aromatic rings. The van der Waals surface area contributed by atoms with Crippen LogP contribution in [0.15, 0.2) is 29.6 Å². The number of hydrogen-bond acceptors (Lipinski definition) is 7. The third-order valence-electron chi connectivity index (χ3n) is 2.70. The summed E-state index contributed by atoms with van der Waals surface area (Å²) in [6.45, 7) is 1.14. The smallest absolute Gasteiger partial charge is 0.343 e. The van der Waals surface area contributed by atoms with E-state index in [0.29, 0.717) is 16.6 Å². The molecule has 0 bridgehead atoms. The maximum atomic E-state index is 12.1. The van der Waals surface area contributed by atoms with E-state index in [9.17, 15) is 14.4 Å². The zero-order valence-electron chi connectivity index (χ0n) is 13.0. The predicted molar refractivity (Wildman–Crippen MR) is 88.3 cm³/mol. The van der Waals surface area contributed by atoms with Crippen LogP contribution in [0.3, 0.4) is 0 Å². The second-order valence-corrected chi connectivity index (χ2v) is 5.42. The van der Waals surface area contributed by atoms with Crippen molar-refractivity contribution in [2.24, 2.45) is 0 Å². The van der Waals surface area contributed by atoms with Crippen molar-refractivity contribution in [1.29, 1.82) is 0 Å². The lowest BCUT2D eigenvalue weighted by molar-refractivity contribution is -0.142. The number of carbonyl (C=O) groups excluding carboxylic acids is 3. The van der Waals surface area contributed by atoms with Crippen molar-refractivity contribution < 1.29 is 23.9 Å². The van der Waals surface area contributed by atoms with Gasteiger partial charge in [0.1, 0.15) is 11.4 Å². The van der Waals surface area contributed by atoms with Gasteiger partial charge in [0.2, 0.25) is 5.91 Å². The number of aromatic nitrogens is 1. The first-order chi connectivity index (χ1) is 11.5. The number of nitrogens with one attached hydrogen (secondary N) is 2. The lowest BCUT2D eigenvalue weighted by Gasteiger charge is -2.07. The Labute approximate surface area is 141 Å². The first-order valence-electron chi connectivity index (χ1n) is 6.82. The minimum Gasteiger partial charge on any atom is -0.482 e. The third-order valence-corrected chi connectivity index (χ3v) is 3.45. The molecule has 0 fully saturated rings. The van der Waals surface area contributed by atoms with Crippen LogP contribution >= 0.6 is 11.3 Å². The van der Waals surface area contributed by atoms with Gasteiger partial charge < -0.3 is 20.1 Å². The van der Waals surface area contributed by atoms with Crippen LogP contribution in [-0.4, -0.2) is 36.5 Å². The van der Waals surface area contributed by atoms with Gasteiger partial charge in [-0.05, 0) is 12.1 Å². The summed E-state index contributed by atoms with van der Waals surface area (Å²) in [5.74, 6) is -0.771. The molecule has 9 heteroatoms. The predicted octanol–water partition coefficient (Wildman–Crippen LogP) is 1.91. The van der Waals surface area contributed by atoms with Gasteiger partial charge >= 0.3 is 5.97 Å². The Morgan fingerprint density at radius 2 is 2.04 bits per heavy atom. The van der Waals surface area contributed by atoms with Crippen molar-refractivity contribution in [3.63, 3.8) is 0 Å². The molecule has 0 aliphatic rings. The van der Waals surface area contributed by atoms with E-state index >= 15 is 0 Å². The quantitative estimate of drug-likeness (QED) is 0.772. The summed E-state index contributed by atoms with van der Waals surface area (Å²) < 4.78 is 9.73. The number of rotatable bonds is 6. The maximum Gasteiger partial charge on any atom is 0.343 e. The highest BCUT2D eigenvalue weighted by molar-refractivity contribution is 7.14. The van der Waals surface area contributed by atoms with Crippen LogP contribution in [0.1, 0.15) is 17.4 Å². The van der Waals surface area contributed by atoms with Gasteiger partial charge in [-0.25, -0.2) is 9.78 Å². The minimum atomic E-state index is -0.502. The molecule has 0 saturated carbocycles. The molecule has 0 unspecified atom stereocenters. The lowest BCUT2D eigenvalue weighted by Crippen LogP contribution is -2.14. The number of nitrogens with zero attached hydrogens (tertiary/aromatic N) is 1. The number of esters is 1. The topological polar surface area (TPSA) is 107 Å². The number of methoxy groups -OCH3 is 1. The fourth-order valence-corrected chi connectivity index (χ4v) is 2.38. The number of amides is 2. The van der Waals surface area contributed by atoms with Gasteiger partial charge in [-0.1, -0.05) is 6.07 Å². The van der Waals surface area contributed by atoms with Gasteiger partial charge in [0, 0.05) is 24.1 Å². The Bertz CT molecular complexity index is 759. The largest absolute Gasteiger partial charge is 0.482 e. The fraction of sp³-hybridized carbons (Fsp3) is 0.200. The second-order valence-electron chi connectivity index (χ2n) is 4.57. The average Bonchev–Trinajstić information content (AvgIpc) is 3.00. The summed E-state index contributed by atoms with van der Waals surface area (Å²) in [5, 5.41) is 7.06. The molecule has 0 aliphatic carbocycles. The first-order valence-corrected chi connectivity index (χ1v) is 7.70. The Kier molecular flexibility index (Phi) is 5.85. The van der Waals surface area contributed by atoms with Crippen molar-refractivity contribution in [2.45, 2.75) is 6.92 Å². The Hall–Kier alpha value is -2.94. The van der Waals surface area contributed by atoms with Crippen molar-refractivity contribution in [1.82, 2.24) is 4.98 Å². The molecule has 2 amide bonds. The van der Waals surface area contributed by atoms with Gasteiger partial charge in [-0.3, -0.25) is 9.59 Å². The molecule has 1 aromatic carbocycles. The standard InChI is InChI=1S/C15H15N3O5S/c1-9(19)16-15-18-12(8-24-15)14(21)17-10-4-3-5-11(6-10)23-7-13(20)22-2/h3-6,8H,7H2,1-2H3,(H,17,21)(H,16,18,19). The number of ether oxygens (including phenoxy) is 2. The molecule has 0 saturated heterocycles. The highest BCUT2D eigenvalue weighted by Crippen LogP contribution is 2.20. The van der Waals surface area contributed by atoms with E-state index in [-0.39, 0.29) is 18.2 Å². The zero-order chi connectivity index (χ0) is 17.5. The summed E-state index contributed by atoms with van der Waals surface area (Å²) in [6, 6.07) is 6.56. The summed E-state index contributed by atoms with van der Waals surface area (Å²) >= 11 is 1.15. The minimum absolute atomic E-state index is 0.185. The van der Waals surface area contributed by atoms with Crippen LogP contribution in [0.4, 0.5) is 10.8 Å². The van der Waals surface area contributed by atoms with Gasteiger partial charge in [-0.2, -0.15) is 0 Å². The summed E-state index contributed by atoms with van der Waals surface area (Å²) in [5.41, 5.74) is 0.668. The van der Waals surface area contributed by atoms with E-state index in [1.165, 1.54) is 19.4 Å².